The smallest absolute Gasteiger partial charge is 0.231 e. The first-order chi connectivity index (χ1) is 20.3. The number of benzene rings is 4. The quantitative estimate of drug-likeness (QED) is 0.211. The maximum absolute atomic E-state index is 10.7. The fourth-order valence-electron chi connectivity index (χ4n) is 5.41. The van der Waals surface area contributed by atoms with Crippen LogP contribution in [-0.2, 0) is 25.7 Å². The number of hydrogen-bond acceptors (Lipinski definition) is 10. The molecule has 0 unspecified atom stereocenters. The molecule has 10 heteroatoms. The van der Waals surface area contributed by atoms with Crippen LogP contribution in [0, 0.1) is 0 Å². The maximum atomic E-state index is 10.7. The molecular formula is C32H30O10. The summed E-state index contributed by atoms with van der Waals surface area (Å²) in [6.45, 7) is 0.111. The fraction of sp³-hybridized carbons (Fsp3) is 0.250. The molecule has 0 atom stereocenters. The molecule has 6 rings (SSSR count). The van der Waals surface area contributed by atoms with Crippen molar-refractivity contribution in [2.45, 2.75) is 25.7 Å². The van der Waals surface area contributed by atoms with E-state index in [9.17, 15) is 20.4 Å². The van der Waals surface area contributed by atoms with Gasteiger partial charge in [-0.05, 0) is 108 Å². The second-order valence-corrected chi connectivity index (χ2v) is 10.1. The maximum Gasteiger partial charge on any atom is 0.231 e. The molecule has 42 heavy (non-hydrogen) atoms. The van der Waals surface area contributed by atoms with E-state index in [-0.39, 0.29) is 36.6 Å². The van der Waals surface area contributed by atoms with Crippen molar-refractivity contribution < 1.29 is 48.8 Å². The molecule has 0 fully saturated rings. The summed E-state index contributed by atoms with van der Waals surface area (Å²) in [7, 11) is 2.97. The van der Waals surface area contributed by atoms with Crippen molar-refractivity contribution in [1.82, 2.24) is 0 Å². The molecule has 0 aromatic heterocycles. The molecule has 0 amide bonds. The van der Waals surface area contributed by atoms with E-state index in [1.165, 1.54) is 14.2 Å². The number of hydrogen-bond donors (Lipinski definition) is 4. The molecule has 2 heterocycles. The third-order valence-electron chi connectivity index (χ3n) is 7.49. The van der Waals surface area contributed by atoms with Crippen LogP contribution in [-0.4, -0.2) is 48.2 Å². The molecule has 2 aliphatic rings. The summed E-state index contributed by atoms with van der Waals surface area (Å²) in [4.78, 5) is 0. The van der Waals surface area contributed by atoms with Crippen molar-refractivity contribution in [2.75, 3.05) is 27.8 Å². The third-order valence-corrected chi connectivity index (χ3v) is 7.49. The Kier molecular flexibility index (Phi) is 7.12. The van der Waals surface area contributed by atoms with Crippen LogP contribution in [0.5, 0.6) is 57.5 Å². The van der Waals surface area contributed by atoms with E-state index < -0.39 is 0 Å². The van der Waals surface area contributed by atoms with E-state index in [1.54, 1.807) is 36.4 Å². The van der Waals surface area contributed by atoms with Crippen molar-refractivity contribution in [3.63, 3.8) is 0 Å². The number of phenols is 4. The number of methoxy groups -OCH3 is 2. The van der Waals surface area contributed by atoms with E-state index in [4.69, 9.17) is 28.4 Å². The van der Waals surface area contributed by atoms with Crippen LogP contribution in [0.15, 0.2) is 48.5 Å². The zero-order chi connectivity index (χ0) is 29.4. The molecule has 2 aliphatic heterocycles. The average Bonchev–Trinajstić information content (AvgIpc) is 3.66. The zero-order valence-corrected chi connectivity index (χ0v) is 23.1. The normalized spacial score (nSPS) is 12.9. The summed E-state index contributed by atoms with van der Waals surface area (Å²) in [6, 6.07) is 13.8. The molecule has 10 nitrogen and oxygen atoms in total. The number of phenolic OH excluding ortho intramolecular Hbond substituents is 4. The van der Waals surface area contributed by atoms with Gasteiger partial charge in [0.25, 0.3) is 0 Å². The summed E-state index contributed by atoms with van der Waals surface area (Å²) in [6.07, 6.45) is 2.07. The first-order valence-electron chi connectivity index (χ1n) is 13.4. The van der Waals surface area contributed by atoms with Crippen LogP contribution in [0.1, 0.15) is 22.3 Å². The number of rotatable bonds is 9. The van der Waals surface area contributed by atoms with Gasteiger partial charge in [-0.25, -0.2) is 0 Å². The Bertz CT molecular complexity index is 1540. The first kappa shape index (κ1) is 27.1. The Hall–Kier alpha value is -5.12. The van der Waals surface area contributed by atoms with Crippen molar-refractivity contribution in [3.8, 4) is 68.6 Å². The van der Waals surface area contributed by atoms with Gasteiger partial charge in [-0.3, -0.25) is 0 Å². The minimum Gasteiger partial charge on any atom is -0.504 e. The minimum absolute atomic E-state index is 0.00656. The Balaban J connectivity index is 1.36. The Morgan fingerprint density at radius 2 is 0.952 bits per heavy atom. The van der Waals surface area contributed by atoms with E-state index in [1.807, 2.05) is 12.1 Å². The van der Waals surface area contributed by atoms with Gasteiger partial charge in [0.2, 0.25) is 25.1 Å². The molecule has 0 spiro atoms. The molecule has 0 aliphatic carbocycles. The lowest BCUT2D eigenvalue weighted by molar-refractivity contribution is 0.171. The van der Waals surface area contributed by atoms with Crippen LogP contribution in [0.3, 0.4) is 0 Å². The predicted octanol–water partition coefficient (Wildman–Crippen LogP) is 5.22. The van der Waals surface area contributed by atoms with Gasteiger partial charge < -0.3 is 48.8 Å². The van der Waals surface area contributed by atoms with Crippen LogP contribution in [0.4, 0.5) is 0 Å². The molecular weight excluding hydrogens is 544 g/mol. The SMILES string of the molecule is COc1cc(-c2cc(OC)c(O)cc2CCc2cc(O)c3c(c2)OCO3)c(CCc2cc(O)c3c(c2)OCO3)cc1O. The lowest BCUT2D eigenvalue weighted by Crippen LogP contribution is -2.01. The van der Waals surface area contributed by atoms with Crippen molar-refractivity contribution in [2.24, 2.45) is 0 Å². The molecule has 0 saturated heterocycles. The second kappa shape index (κ2) is 11.0. The number of ether oxygens (including phenoxy) is 6. The van der Waals surface area contributed by atoms with Crippen LogP contribution >= 0.6 is 0 Å². The Morgan fingerprint density at radius 3 is 1.36 bits per heavy atom. The molecule has 4 aromatic rings. The van der Waals surface area contributed by atoms with Gasteiger partial charge >= 0.3 is 0 Å². The zero-order valence-electron chi connectivity index (χ0n) is 23.1. The van der Waals surface area contributed by atoms with Crippen LogP contribution in [0.2, 0.25) is 0 Å². The van der Waals surface area contributed by atoms with Gasteiger partial charge in [-0.1, -0.05) is 0 Å². The van der Waals surface area contributed by atoms with Gasteiger partial charge in [0.1, 0.15) is 0 Å². The van der Waals surface area contributed by atoms with Crippen LogP contribution in [0.25, 0.3) is 11.1 Å². The lowest BCUT2D eigenvalue weighted by atomic mass is 9.89. The van der Waals surface area contributed by atoms with E-state index >= 15 is 0 Å². The van der Waals surface area contributed by atoms with Crippen molar-refractivity contribution >= 4 is 0 Å². The number of aromatic hydroxyl groups is 4. The summed E-state index contributed by atoms with van der Waals surface area (Å²) < 4.78 is 32.4. The Labute approximate surface area is 241 Å². The standard InChI is InChI=1S/C32H30O10/c1-37-27-13-21(19(11-23(27)33)5-3-17-7-25(35)31-29(9-17)39-15-41-31)22-14-28(38-2)24(34)12-20(22)6-4-18-8-26(36)32-30(10-18)40-16-42-32/h7-14,33-36H,3-6,15-16H2,1-2H3. The van der Waals surface area contributed by atoms with Gasteiger partial charge in [0.15, 0.2) is 46.0 Å². The summed E-state index contributed by atoms with van der Waals surface area (Å²) >= 11 is 0. The first-order valence-corrected chi connectivity index (χ1v) is 13.4. The second-order valence-electron chi connectivity index (χ2n) is 10.1. The molecule has 4 N–H and O–H groups in total. The predicted molar refractivity (Wildman–Crippen MR) is 152 cm³/mol. The van der Waals surface area contributed by atoms with Crippen molar-refractivity contribution in [3.05, 3.63) is 70.8 Å². The highest BCUT2D eigenvalue weighted by Gasteiger charge is 2.22. The highest BCUT2D eigenvalue weighted by atomic mass is 16.7. The average molecular weight is 575 g/mol. The lowest BCUT2D eigenvalue weighted by Gasteiger charge is -2.18. The monoisotopic (exact) mass is 574 g/mol. The molecule has 4 aromatic carbocycles. The summed E-state index contributed by atoms with van der Waals surface area (Å²) in [5.41, 5.74) is 4.89. The largest absolute Gasteiger partial charge is 0.504 e. The van der Waals surface area contributed by atoms with E-state index in [0.29, 0.717) is 60.2 Å². The third kappa shape index (κ3) is 5.07. The molecule has 218 valence electrons. The summed E-state index contributed by atoms with van der Waals surface area (Å²) in [5.74, 6) is 2.25. The van der Waals surface area contributed by atoms with E-state index in [2.05, 4.69) is 0 Å². The highest BCUT2D eigenvalue weighted by molar-refractivity contribution is 5.76. The molecule has 0 bridgehead atoms. The fourth-order valence-corrected chi connectivity index (χ4v) is 5.41. The number of fused-ring (bicyclic) bond motifs is 2. The highest BCUT2D eigenvalue weighted by Crippen LogP contribution is 2.44. The molecule has 0 saturated carbocycles. The van der Waals surface area contributed by atoms with Crippen molar-refractivity contribution in [1.29, 1.82) is 0 Å². The molecule has 0 radical (unpaired) electrons. The number of aryl methyl sites for hydroxylation is 4. The van der Waals surface area contributed by atoms with Gasteiger partial charge in [-0.2, -0.15) is 0 Å². The van der Waals surface area contributed by atoms with Gasteiger partial charge in [0.05, 0.1) is 14.2 Å². The topological polar surface area (TPSA) is 136 Å². The van der Waals surface area contributed by atoms with Gasteiger partial charge in [-0.15, -0.1) is 0 Å². The Morgan fingerprint density at radius 1 is 0.524 bits per heavy atom. The van der Waals surface area contributed by atoms with E-state index in [0.717, 1.165) is 33.4 Å². The summed E-state index contributed by atoms with van der Waals surface area (Å²) in [5, 5.41) is 42.1. The minimum atomic E-state index is -0.00656. The van der Waals surface area contributed by atoms with Crippen LogP contribution < -0.4 is 28.4 Å². The van der Waals surface area contributed by atoms with Gasteiger partial charge in [0, 0.05) is 0 Å².